The minimum atomic E-state index is 0.251. The Morgan fingerprint density at radius 2 is 2.53 bits per heavy atom. The topological polar surface area (TPSA) is 48.6 Å². The van der Waals surface area contributed by atoms with Crippen LogP contribution in [-0.2, 0) is 6.54 Å². The summed E-state index contributed by atoms with van der Waals surface area (Å²) in [5.41, 5.74) is 0. The average molecular weight is 210 g/mol. The van der Waals surface area contributed by atoms with Crippen LogP contribution in [0.3, 0.4) is 0 Å². The number of hydrogen-bond donors (Lipinski definition) is 2. The SMILES string of the molecule is OCCC1CNCCN1Cc1ccco1. The van der Waals surface area contributed by atoms with Gasteiger partial charge < -0.3 is 14.8 Å². The third kappa shape index (κ3) is 2.81. The van der Waals surface area contributed by atoms with Gasteiger partial charge in [0.25, 0.3) is 0 Å². The number of nitrogens with one attached hydrogen (secondary N) is 1. The molecule has 0 radical (unpaired) electrons. The van der Waals surface area contributed by atoms with Crippen molar-refractivity contribution in [2.45, 2.75) is 19.0 Å². The number of piperazine rings is 1. The van der Waals surface area contributed by atoms with Gasteiger partial charge in [0, 0.05) is 32.3 Å². The summed E-state index contributed by atoms with van der Waals surface area (Å²) >= 11 is 0. The van der Waals surface area contributed by atoms with Crippen molar-refractivity contribution in [3.8, 4) is 0 Å². The summed E-state index contributed by atoms with van der Waals surface area (Å²) in [5, 5.41) is 12.3. The summed E-state index contributed by atoms with van der Waals surface area (Å²) in [6, 6.07) is 4.34. The van der Waals surface area contributed by atoms with Crippen LogP contribution in [0.25, 0.3) is 0 Å². The highest BCUT2D eigenvalue weighted by Gasteiger charge is 2.22. The highest BCUT2D eigenvalue weighted by atomic mass is 16.3. The summed E-state index contributed by atoms with van der Waals surface area (Å²) in [6.45, 7) is 4.09. The van der Waals surface area contributed by atoms with Gasteiger partial charge in [0.2, 0.25) is 0 Å². The predicted octanol–water partition coefficient (Wildman–Crippen LogP) is 0.436. The highest BCUT2D eigenvalue weighted by Crippen LogP contribution is 2.12. The second kappa shape index (κ2) is 5.30. The van der Waals surface area contributed by atoms with E-state index in [9.17, 15) is 0 Å². The molecule has 0 spiro atoms. The average Bonchev–Trinajstić information content (AvgIpc) is 2.74. The molecule has 2 rings (SSSR count). The van der Waals surface area contributed by atoms with Gasteiger partial charge in [0.1, 0.15) is 5.76 Å². The number of nitrogens with zero attached hydrogens (tertiary/aromatic N) is 1. The maximum atomic E-state index is 8.98. The van der Waals surface area contributed by atoms with Crippen molar-refractivity contribution in [1.29, 1.82) is 0 Å². The van der Waals surface area contributed by atoms with Gasteiger partial charge in [-0.3, -0.25) is 4.90 Å². The lowest BCUT2D eigenvalue weighted by atomic mass is 10.1. The molecule has 4 nitrogen and oxygen atoms in total. The molecule has 0 saturated carbocycles. The van der Waals surface area contributed by atoms with Gasteiger partial charge in [0.15, 0.2) is 0 Å². The summed E-state index contributed by atoms with van der Waals surface area (Å²) < 4.78 is 5.34. The summed E-state index contributed by atoms with van der Waals surface area (Å²) in [7, 11) is 0. The fourth-order valence-electron chi connectivity index (χ4n) is 2.05. The predicted molar refractivity (Wildman–Crippen MR) is 57.5 cm³/mol. The zero-order valence-electron chi connectivity index (χ0n) is 8.85. The molecular formula is C11H18N2O2. The van der Waals surface area contributed by atoms with Crippen LogP contribution in [0.15, 0.2) is 22.8 Å². The Kier molecular flexibility index (Phi) is 3.77. The summed E-state index contributed by atoms with van der Waals surface area (Å²) in [5.74, 6) is 1.000. The molecule has 0 amide bonds. The molecule has 0 aromatic carbocycles. The van der Waals surface area contributed by atoms with Gasteiger partial charge in [0.05, 0.1) is 12.8 Å². The van der Waals surface area contributed by atoms with Gasteiger partial charge >= 0.3 is 0 Å². The Balaban J connectivity index is 1.92. The maximum Gasteiger partial charge on any atom is 0.117 e. The Morgan fingerprint density at radius 1 is 1.60 bits per heavy atom. The van der Waals surface area contributed by atoms with Crippen LogP contribution < -0.4 is 5.32 Å². The van der Waals surface area contributed by atoms with Crippen LogP contribution in [0.4, 0.5) is 0 Å². The lowest BCUT2D eigenvalue weighted by molar-refractivity contribution is 0.116. The number of furan rings is 1. The quantitative estimate of drug-likeness (QED) is 0.757. The zero-order chi connectivity index (χ0) is 10.5. The van der Waals surface area contributed by atoms with E-state index in [4.69, 9.17) is 9.52 Å². The number of aliphatic hydroxyl groups excluding tert-OH is 1. The first-order valence-corrected chi connectivity index (χ1v) is 5.48. The van der Waals surface area contributed by atoms with Crippen LogP contribution >= 0.6 is 0 Å². The van der Waals surface area contributed by atoms with Crippen molar-refractivity contribution in [1.82, 2.24) is 10.2 Å². The summed E-state index contributed by atoms with van der Waals surface area (Å²) in [4.78, 5) is 2.37. The Bertz CT molecular complexity index is 272. The molecule has 1 aliphatic heterocycles. The molecule has 1 aromatic rings. The van der Waals surface area contributed by atoms with Gasteiger partial charge in [-0.1, -0.05) is 0 Å². The van der Waals surface area contributed by atoms with E-state index < -0.39 is 0 Å². The van der Waals surface area contributed by atoms with E-state index in [0.29, 0.717) is 6.04 Å². The molecule has 1 atom stereocenters. The molecule has 84 valence electrons. The minimum Gasteiger partial charge on any atom is -0.468 e. The van der Waals surface area contributed by atoms with Crippen molar-refractivity contribution < 1.29 is 9.52 Å². The first-order valence-electron chi connectivity index (χ1n) is 5.48. The first-order chi connectivity index (χ1) is 7.40. The van der Waals surface area contributed by atoms with Crippen LogP contribution in [0.1, 0.15) is 12.2 Å². The third-order valence-corrected chi connectivity index (χ3v) is 2.87. The van der Waals surface area contributed by atoms with Gasteiger partial charge in [-0.25, -0.2) is 0 Å². The van der Waals surface area contributed by atoms with E-state index in [1.54, 1.807) is 6.26 Å². The molecule has 1 aromatic heterocycles. The Labute approximate surface area is 89.9 Å². The third-order valence-electron chi connectivity index (χ3n) is 2.87. The second-order valence-electron chi connectivity index (χ2n) is 3.92. The van der Waals surface area contributed by atoms with E-state index in [0.717, 1.165) is 38.4 Å². The molecule has 2 N–H and O–H groups in total. The summed E-state index contributed by atoms with van der Waals surface area (Å²) in [6.07, 6.45) is 2.53. The molecule has 1 unspecified atom stereocenters. The van der Waals surface area contributed by atoms with Gasteiger partial charge in [-0.05, 0) is 18.6 Å². The number of aliphatic hydroxyl groups is 1. The molecule has 0 aliphatic carbocycles. The number of rotatable bonds is 4. The van der Waals surface area contributed by atoms with Crippen LogP contribution in [0.2, 0.25) is 0 Å². The first kappa shape index (κ1) is 10.7. The highest BCUT2D eigenvalue weighted by molar-refractivity contribution is 4.99. The smallest absolute Gasteiger partial charge is 0.117 e. The standard InChI is InChI=1S/C11H18N2O2/c14-6-3-10-8-12-4-5-13(10)9-11-2-1-7-15-11/h1-2,7,10,12,14H,3-6,8-9H2. The molecule has 4 heteroatoms. The molecule has 2 heterocycles. The lowest BCUT2D eigenvalue weighted by Crippen LogP contribution is -2.50. The van der Waals surface area contributed by atoms with Crippen LogP contribution in [0.5, 0.6) is 0 Å². The van der Waals surface area contributed by atoms with E-state index in [1.165, 1.54) is 0 Å². The van der Waals surface area contributed by atoms with Crippen molar-refractivity contribution >= 4 is 0 Å². The Morgan fingerprint density at radius 3 is 3.27 bits per heavy atom. The maximum absolute atomic E-state index is 8.98. The van der Waals surface area contributed by atoms with Crippen LogP contribution in [-0.4, -0.2) is 42.3 Å². The van der Waals surface area contributed by atoms with Gasteiger partial charge in [-0.2, -0.15) is 0 Å². The van der Waals surface area contributed by atoms with Crippen molar-refractivity contribution in [2.24, 2.45) is 0 Å². The molecule has 1 aliphatic rings. The Hall–Kier alpha value is -0.840. The van der Waals surface area contributed by atoms with E-state index in [1.807, 2.05) is 12.1 Å². The molecule has 1 fully saturated rings. The second-order valence-corrected chi connectivity index (χ2v) is 3.92. The lowest BCUT2D eigenvalue weighted by Gasteiger charge is -2.35. The van der Waals surface area contributed by atoms with Crippen LogP contribution in [0, 0.1) is 0 Å². The molecule has 0 bridgehead atoms. The van der Waals surface area contributed by atoms with E-state index >= 15 is 0 Å². The minimum absolute atomic E-state index is 0.251. The van der Waals surface area contributed by atoms with E-state index in [2.05, 4.69) is 10.2 Å². The normalized spacial score (nSPS) is 23.1. The van der Waals surface area contributed by atoms with Crippen molar-refractivity contribution in [3.05, 3.63) is 24.2 Å². The van der Waals surface area contributed by atoms with E-state index in [-0.39, 0.29) is 6.61 Å². The number of hydrogen-bond acceptors (Lipinski definition) is 4. The van der Waals surface area contributed by atoms with Gasteiger partial charge in [-0.15, -0.1) is 0 Å². The van der Waals surface area contributed by atoms with Crippen molar-refractivity contribution in [3.63, 3.8) is 0 Å². The largest absolute Gasteiger partial charge is 0.468 e. The fraction of sp³-hybridized carbons (Fsp3) is 0.636. The van der Waals surface area contributed by atoms with Crippen molar-refractivity contribution in [2.75, 3.05) is 26.2 Å². The molecular weight excluding hydrogens is 192 g/mol. The zero-order valence-corrected chi connectivity index (χ0v) is 8.85. The molecule has 15 heavy (non-hydrogen) atoms. The fourth-order valence-corrected chi connectivity index (χ4v) is 2.05. The molecule has 1 saturated heterocycles. The monoisotopic (exact) mass is 210 g/mol.